The highest BCUT2D eigenvalue weighted by Crippen LogP contribution is 2.25. The average Bonchev–Trinajstić information content (AvgIpc) is 2.33. The molecule has 0 heterocycles. The minimum absolute atomic E-state index is 0.00829. The SMILES string of the molecule is O=S(=O)(NC1CCCCC1Br)c1ccccc1. The van der Waals surface area contributed by atoms with E-state index in [0.29, 0.717) is 4.90 Å². The number of sulfonamides is 1. The first-order valence-corrected chi connectivity index (χ1v) is 8.21. The number of alkyl halides is 1. The lowest BCUT2D eigenvalue weighted by Gasteiger charge is -2.27. The summed E-state index contributed by atoms with van der Waals surface area (Å²) in [5, 5.41) is 0. The van der Waals surface area contributed by atoms with Crippen LogP contribution in [0.3, 0.4) is 0 Å². The van der Waals surface area contributed by atoms with E-state index >= 15 is 0 Å². The molecule has 1 aromatic rings. The zero-order valence-corrected chi connectivity index (χ0v) is 11.9. The highest BCUT2D eigenvalue weighted by molar-refractivity contribution is 9.09. The van der Waals surface area contributed by atoms with Gasteiger partial charge in [0.05, 0.1) is 4.90 Å². The molecule has 2 atom stereocenters. The van der Waals surface area contributed by atoms with Crippen LogP contribution in [0.5, 0.6) is 0 Å². The van der Waals surface area contributed by atoms with Gasteiger partial charge in [0.2, 0.25) is 10.0 Å². The highest BCUT2D eigenvalue weighted by atomic mass is 79.9. The van der Waals surface area contributed by atoms with Crippen molar-refractivity contribution in [2.45, 2.75) is 41.4 Å². The summed E-state index contributed by atoms with van der Waals surface area (Å²) >= 11 is 3.55. The summed E-state index contributed by atoms with van der Waals surface area (Å²) in [7, 11) is -3.37. The number of hydrogen-bond donors (Lipinski definition) is 1. The van der Waals surface area contributed by atoms with Gasteiger partial charge >= 0.3 is 0 Å². The predicted octanol–water partition coefficient (Wildman–Crippen LogP) is 2.67. The van der Waals surface area contributed by atoms with E-state index in [1.165, 1.54) is 6.42 Å². The topological polar surface area (TPSA) is 46.2 Å². The van der Waals surface area contributed by atoms with Crippen LogP contribution >= 0.6 is 15.9 Å². The Balaban J connectivity index is 2.12. The van der Waals surface area contributed by atoms with Crippen molar-refractivity contribution >= 4 is 26.0 Å². The number of rotatable bonds is 3. The monoisotopic (exact) mass is 317 g/mol. The second-order valence-corrected chi connectivity index (χ2v) is 7.23. The van der Waals surface area contributed by atoms with Gasteiger partial charge in [0.1, 0.15) is 0 Å². The summed E-state index contributed by atoms with van der Waals surface area (Å²) in [5.74, 6) is 0. The van der Waals surface area contributed by atoms with Crippen molar-refractivity contribution in [3.63, 3.8) is 0 Å². The molecule has 1 fully saturated rings. The normalized spacial score (nSPS) is 25.7. The molecule has 94 valence electrons. The second-order valence-electron chi connectivity index (χ2n) is 4.34. The summed E-state index contributed by atoms with van der Waals surface area (Å²) in [6.07, 6.45) is 4.19. The fourth-order valence-corrected chi connectivity index (χ4v) is 4.31. The van der Waals surface area contributed by atoms with E-state index in [4.69, 9.17) is 0 Å². The molecule has 1 saturated carbocycles. The Morgan fingerprint density at radius 2 is 1.76 bits per heavy atom. The van der Waals surface area contributed by atoms with Gasteiger partial charge in [-0.15, -0.1) is 0 Å². The van der Waals surface area contributed by atoms with E-state index in [1.807, 2.05) is 6.07 Å². The minimum Gasteiger partial charge on any atom is -0.207 e. The Kier molecular flexibility index (Phi) is 4.22. The van der Waals surface area contributed by atoms with E-state index in [0.717, 1.165) is 19.3 Å². The molecule has 0 spiro atoms. The van der Waals surface area contributed by atoms with Crippen LogP contribution in [0.4, 0.5) is 0 Å². The quantitative estimate of drug-likeness (QED) is 0.871. The van der Waals surface area contributed by atoms with Gasteiger partial charge in [-0.3, -0.25) is 0 Å². The number of benzene rings is 1. The van der Waals surface area contributed by atoms with E-state index in [1.54, 1.807) is 24.3 Å². The summed E-state index contributed by atoms with van der Waals surface area (Å²) in [6, 6.07) is 8.53. The molecule has 1 N–H and O–H groups in total. The average molecular weight is 318 g/mol. The second kappa shape index (κ2) is 5.50. The van der Waals surface area contributed by atoms with E-state index in [9.17, 15) is 8.42 Å². The molecular weight excluding hydrogens is 302 g/mol. The lowest BCUT2D eigenvalue weighted by atomic mass is 9.96. The van der Waals surface area contributed by atoms with E-state index in [-0.39, 0.29) is 10.9 Å². The molecule has 0 aliphatic heterocycles. The zero-order valence-electron chi connectivity index (χ0n) is 9.47. The lowest BCUT2D eigenvalue weighted by Crippen LogP contribution is -2.42. The van der Waals surface area contributed by atoms with Gasteiger partial charge in [-0.2, -0.15) is 0 Å². The smallest absolute Gasteiger partial charge is 0.207 e. The third-order valence-electron chi connectivity index (χ3n) is 3.04. The van der Waals surface area contributed by atoms with Crippen molar-refractivity contribution in [3.05, 3.63) is 30.3 Å². The minimum atomic E-state index is -3.37. The first kappa shape index (κ1) is 13.1. The van der Waals surface area contributed by atoms with Crippen LogP contribution in [-0.2, 0) is 10.0 Å². The van der Waals surface area contributed by atoms with Crippen LogP contribution in [0.15, 0.2) is 35.2 Å². The maximum absolute atomic E-state index is 12.1. The predicted molar refractivity (Wildman–Crippen MR) is 71.7 cm³/mol. The van der Waals surface area contributed by atoms with Crippen LogP contribution in [0.25, 0.3) is 0 Å². The molecule has 0 amide bonds. The van der Waals surface area contributed by atoms with Crippen molar-refractivity contribution in [2.24, 2.45) is 0 Å². The lowest BCUT2D eigenvalue weighted by molar-refractivity contribution is 0.427. The molecule has 0 radical (unpaired) electrons. The molecule has 2 unspecified atom stereocenters. The van der Waals surface area contributed by atoms with Crippen molar-refractivity contribution in [2.75, 3.05) is 0 Å². The third kappa shape index (κ3) is 3.30. The van der Waals surface area contributed by atoms with Gasteiger partial charge in [-0.05, 0) is 25.0 Å². The molecule has 17 heavy (non-hydrogen) atoms. The summed E-state index contributed by atoms with van der Waals surface area (Å²) in [5.41, 5.74) is 0. The first-order valence-electron chi connectivity index (χ1n) is 5.81. The molecule has 5 heteroatoms. The molecule has 1 aliphatic rings. The summed E-state index contributed by atoms with van der Waals surface area (Å²) in [6.45, 7) is 0. The van der Waals surface area contributed by atoms with Crippen LogP contribution in [0.2, 0.25) is 0 Å². The van der Waals surface area contributed by atoms with Crippen molar-refractivity contribution in [3.8, 4) is 0 Å². The van der Waals surface area contributed by atoms with Crippen LogP contribution in [0, 0.1) is 0 Å². The Morgan fingerprint density at radius 3 is 2.41 bits per heavy atom. The zero-order chi connectivity index (χ0) is 12.3. The van der Waals surface area contributed by atoms with Gasteiger partial charge in [-0.1, -0.05) is 47.0 Å². The molecule has 2 rings (SSSR count). The summed E-state index contributed by atoms with van der Waals surface area (Å²) in [4.78, 5) is 0.583. The molecule has 1 aliphatic carbocycles. The van der Waals surface area contributed by atoms with Crippen LogP contribution in [-0.4, -0.2) is 19.3 Å². The molecule has 0 bridgehead atoms. The Hall–Kier alpha value is -0.390. The molecule has 0 saturated heterocycles. The fourth-order valence-electron chi connectivity index (χ4n) is 2.09. The number of halogens is 1. The van der Waals surface area contributed by atoms with Gasteiger partial charge in [0.25, 0.3) is 0 Å². The first-order chi connectivity index (χ1) is 8.09. The fraction of sp³-hybridized carbons (Fsp3) is 0.500. The van der Waals surface area contributed by atoms with Crippen molar-refractivity contribution in [1.29, 1.82) is 0 Å². The van der Waals surface area contributed by atoms with Crippen molar-refractivity contribution in [1.82, 2.24) is 4.72 Å². The number of hydrogen-bond acceptors (Lipinski definition) is 2. The Labute approximate surface area is 111 Å². The van der Waals surface area contributed by atoms with E-state index in [2.05, 4.69) is 20.7 Å². The molecular formula is C12H16BrNO2S. The Bertz CT molecular complexity index is 461. The van der Waals surface area contributed by atoms with Gasteiger partial charge in [-0.25, -0.2) is 13.1 Å². The maximum atomic E-state index is 12.1. The maximum Gasteiger partial charge on any atom is 0.240 e. The van der Waals surface area contributed by atoms with E-state index < -0.39 is 10.0 Å². The van der Waals surface area contributed by atoms with Gasteiger partial charge < -0.3 is 0 Å². The third-order valence-corrected chi connectivity index (χ3v) is 5.64. The number of nitrogens with one attached hydrogen (secondary N) is 1. The Morgan fingerprint density at radius 1 is 1.12 bits per heavy atom. The van der Waals surface area contributed by atoms with Gasteiger partial charge in [0, 0.05) is 10.9 Å². The largest absolute Gasteiger partial charge is 0.240 e. The van der Waals surface area contributed by atoms with Crippen LogP contribution < -0.4 is 4.72 Å². The standard InChI is InChI=1S/C12H16BrNO2S/c13-11-8-4-5-9-12(11)14-17(15,16)10-6-2-1-3-7-10/h1-3,6-7,11-12,14H,4-5,8-9H2. The van der Waals surface area contributed by atoms with Crippen LogP contribution in [0.1, 0.15) is 25.7 Å². The molecule has 3 nitrogen and oxygen atoms in total. The highest BCUT2D eigenvalue weighted by Gasteiger charge is 2.27. The molecule has 1 aromatic carbocycles. The van der Waals surface area contributed by atoms with Crippen molar-refractivity contribution < 1.29 is 8.42 Å². The summed E-state index contributed by atoms with van der Waals surface area (Å²) < 4.78 is 27.0. The van der Waals surface area contributed by atoms with Gasteiger partial charge in [0.15, 0.2) is 0 Å². The molecule has 0 aromatic heterocycles.